The summed E-state index contributed by atoms with van der Waals surface area (Å²) in [6.45, 7) is 2.36. The molecule has 0 saturated carbocycles. The van der Waals surface area contributed by atoms with Gasteiger partial charge in [-0.05, 0) is 25.1 Å². The van der Waals surface area contributed by atoms with Gasteiger partial charge in [0.2, 0.25) is 0 Å². The van der Waals surface area contributed by atoms with Crippen molar-refractivity contribution in [1.29, 1.82) is 0 Å². The molecule has 1 aromatic heterocycles. The zero-order valence-corrected chi connectivity index (χ0v) is 12.1. The molecule has 0 bridgehead atoms. The normalized spacial score (nSPS) is 10.3. The van der Waals surface area contributed by atoms with Crippen LogP contribution in [0.3, 0.4) is 0 Å². The molecule has 2 aromatic rings. The zero-order valence-electron chi connectivity index (χ0n) is 9.74. The Labute approximate surface area is 117 Å². The maximum Gasteiger partial charge on any atom is 0.251 e. The fraction of sp³-hybridized carbons (Fsp3) is 0.167. The molecule has 0 fully saturated rings. The van der Waals surface area contributed by atoms with E-state index in [1.165, 1.54) is 0 Å². The van der Waals surface area contributed by atoms with Gasteiger partial charge in [-0.2, -0.15) is 0 Å². The Morgan fingerprint density at radius 1 is 1.50 bits per heavy atom. The van der Waals surface area contributed by atoms with Crippen molar-refractivity contribution in [2.45, 2.75) is 13.5 Å². The topological polar surface area (TPSA) is 68.0 Å². The lowest BCUT2D eigenvalue weighted by Crippen LogP contribution is -2.23. The van der Waals surface area contributed by atoms with Gasteiger partial charge in [-0.15, -0.1) is 11.3 Å². The van der Waals surface area contributed by atoms with Crippen LogP contribution in [0.2, 0.25) is 0 Å². The van der Waals surface area contributed by atoms with Gasteiger partial charge in [-0.1, -0.05) is 15.9 Å². The highest BCUT2D eigenvalue weighted by molar-refractivity contribution is 9.10. The predicted molar refractivity (Wildman–Crippen MR) is 76.6 cm³/mol. The highest BCUT2D eigenvalue weighted by atomic mass is 79.9. The molecule has 4 nitrogen and oxygen atoms in total. The molecule has 0 atom stereocenters. The number of benzene rings is 1. The molecule has 1 heterocycles. The van der Waals surface area contributed by atoms with Gasteiger partial charge in [0.25, 0.3) is 5.91 Å². The Morgan fingerprint density at radius 3 is 2.89 bits per heavy atom. The molecular formula is C12H12BrN3OS. The van der Waals surface area contributed by atoms with Crippen molar-refractivity contribution < 1.29 is 4.79 Å². The summed E-state index contributed by atoms with van der Waals surface area (Å²) in [5, 5.41) is 5.74. The third kappa shape index (κ3) is 3.30. The summed E-state index contributed by atoms with van der Waals surface area (Å²) in [7, 11) is 0. The van der Waals surface area contributed by atoms with Gasteiger partial charge < -0.3 is 11.1 Å². The fourth-order valence-corrected chi connectivity index (χ4v) is 2.63. The molecule has 0 spiro atoms. The minimum Gasteiger partial charge on any atom is -0.399 e. The second-order valence-electron chi connectivity index (χ2n) is 3.81. The minimum absolute atomic E-state index is 0.159. The average Bonchev–Trinajstić information content (AvgIpc) is 2.70. The Bertz CT molecular complexity index is 562. The van der Waals surface area contributed by atoms with E-state index in [0.717, 1.165) is 15.2 Å². The lowest BCUT2D eigenvalue weighted by atomic mass is 10.2. The summed E-state index contributed by atoms with van der Waals surface area (Å²) in [6.07, 6.45) is 0. The van der Waals surface area contributed by atoms with Crippen LogP contribution in [0.15, 0.2) is 28.1 Å². The first-order valence-electron chi connectivity index (χ1n) is 5.30. The van der Waals surface area contributed by atoms with Crippen molar-refractivity contribution in [1.82, 2.24) is 10.3 Å². The molecule has 6 heteroatoms. The molecular weight excluding hydrogens is 314 g/mol. The monoisotopic (exact) mass is 325 g/mol. The fourth-order valence-electron chi connectivity index (χ4n) is 1.51. The van der Waals surface area contributed by atoms with Crippen LogP contribution in [-0.2, 0) is 6.54 Å². The molecule has 0 aliphatic carbocycles. The Balaban J connectivity index is 2.03. The van der Waals surface area contributed by atoms with Crippen LogP contribution in [0.5, 0.6) is 0 Å². The predicted octanol–water partition coefficient (Wildman–Crippen LogP) is 2.73. The van der Waals surface area contributed by atoms with E-state index in [1.807, 2.05) is 12.3 Å². The number of amides is 1. The Kier molecular flexibility index (Phi) is 3.98. The highest BCUT2D eigenvalue weighted by Gasteiger charge is 2.08. The Morgan fingerprint density at radius 2 is 2.28 bits per heavy atom. The van der Waals surface area contributed by atoms with E-state index in [4.69, 9.17) is 5.73 Å². The summed E-state index contributed by atoms with van der Waals surface area (Å²) in [5.41, 5.74) is 7.65. The smallest absolute Gasteiger partial charge is 0.251 e. The number of anilines is 1. The van der Waals surface area contributed by atoms with E-state index in [-0.39, 0.29) is 5.91 Å². The molecule has 0 aliphatic heterocycles. The number of rotatable bonds is 3. The number of hydrogen-bond acceptors (Lipinski definition) is 4. The van der Waals surface area contributed by atoms with Crippen molar-refractivity contribution in [3.8, 4) is 0 Å². The number of carbonyl (C=O) groups is 1. The maximum absolute atomic E-state index is 11.9. The molecule has 2 rings (SSSR count). The van der Waals surface area contributed by atoms with Crippen LogP contribution in [0.1, 0.15) is 21.1 Å². The summed E-state index contributed by atoms with van der Waals surface area (Å²) in [4.78, 5) is 16.2. The largest absolute Gasteiger partial charge is 0.399 e. The van der Waals surface area contributed by atoms with Crippen LogP contribution >= 0.6 is 27.3 Å². The van der Waals surface area contributed by atoms with E-state index < -0.39 is 0 Å². The first-order chi connectivity index (χ1) is 8.54. The van der Waals surface area contributed by atoms with Gasteiger partial charge in [0.05, 0.1) is 17.2 Å². The van der Waals surface area contributed by atoms with E-state index >= 15 is 0 Å². The number of nitrogens with one attached hydrogen (secondary N) is 1. The van der Waals surface area contributed by atoms with Gasteiger partial charge in [0.15, 0.2) is 0 Å². The van der Waals surface area contributed by atoms with Crippen molar-refractivity contribution >= 4 is 38.9 Å². The molecule has 0 saturated heterocycles. The second-order valence-corrected chi connectivity index (χ2v) is 5.79. The number of hydrogen-bond donors (Lipinski definition) is 2. The first kappa shape index (κ1) is 13.0. The van der Waals surface area contributed by atoms with Crippen LogP contribution in [0.4, 0.5) is 5.69 Å². The molecule has 0 aliphatic rings. The summed E-state index contributed by atoms with van der Waals surface area (Å²) in [6, 6.07) is 5.13. The number of nitrogen functional groups attached to an aromatic ring is 1. The second kappa shape index (κ2) is 5.49. The van der Waals surface area contributed by atoms with Crippen LogP contribution in [0, 0.1) is 6.92 Å². The molecule has 1 aromatic carbocycles. The molecule has 3 N–H and O–H groups in total. The number of thiazole rings is 1. The van der Waals surface area contributed by atoms with Gasteiger partial charge in [0, 0.05) is 21.1 Å². The third-order valence-corrected chi connectivity index (χ3v) is 3.56. The van der Waals surface area contributed by atoms with E-state index in [1.54, 1.807) is 29.5 Å². The quantitative estimate of drug-likeness (QED) is 0.852. The SMILES string of the molecule is Cc1nc(CNC(=O)c2cc(N)cc(Br)c2)cs1. The van der Waals surface area contributed by atoms with Gasteiger partial charge >= 0.3 is 0 Å². The third-order valence-electron chi connectivity index (χ3n) is 2.28. The van der Waals surface area contributed by atoms with Crippen molar-refractivity contribution in [3.05, 3.63) is 44.3 Å². The molecule has 0 radical (unpaired) electrons. The molecule has 18 heavy (non-hydrogen) atoms. The number of nitrogens with zero attached hydrogens (tertiary/aromatic N) is 1. The van der Waals surface area contributed by atoms with E-state index in [2.05, 4.69) is 26.2 Å². The van der Waals surface area contributed by atoms with Crippen molar-refractivity contribution in [2.75, 3.05) is 5.73 Å². The van der Waals surface area contributed by atoms with Gasteiger partial charge in [-0.25, -0.2) is 4.98 Å². The number of carbonyl (C=O) groups excluding carboxylic acids is 1. The first-order valence-corrected chi connectivity index (χ1v) is 6.97. The zero-order chi connectivity index (χ0) is 13.1. The summed E-state index contributed by atoms with van der Waals surface area (Å²) < 4.78 is 0.789. The maximum atomic E-state index is 11.9. The lowest BCUT2D eigenvalue weighted by Gasteiger charge is -2.05. The van der Waals surface area contributed by atoms with E-state index in [0.29, 0.717) is 17.8 Å². The molecule has 1 amide bonds. The Hall–Kier alpha value is -1.40. The van der Waals surface area contributed by atoms with E-state index in [9.17, 15) is 4.79 Å². The number of aryl methyl sites for hydroxylation is 1. The average molecular weight is 326 g/mol. The van der Waals surface area contributed by atoms with Crippen molar-refractivity contribution in [3.63, 3.8) is 0 Å². The standard InChI is InChI=1S/C12H12BrN3OS/c1-7-16-11(6-18-7)5-15-12(17)8-2-9(13)4-10(14)3-8/h2-4,6H,5,14H2,1H3,(H,15,17). The van der Waals surface area contributed by atoms with Gasteiger partial charge in [-0.3, -0.25) is 4.79 Å². The van der Waals surface area contributed by atoms with Gasteiger partial charge in [0.1, 0.15) is 0 Å². The van der Waals surface area contributed by atoms with Crippen molar-refractivity contribution in [2.24, 2.45) is 0 Å². The van der Waals surface area contributed by atoms with Crippen LogP contribution in [0.25, 0.3) is 0 Å². The molecule has 0 unspecified atom stereocenters. The number of nitrogens with two attached hydrogens (primary N) is 1. The minimum atomic E-state index is -0.159. The number of halogens is 1. The summed E-state index contributed by atoms with van der Waals surface area (Å²) >= 11 is 4.88. The highest BCUT2D eigenvalue weighted by Crippen LogP contribution is 2.17. The van der Waals surface area contributed by atoms with Crippen LogP contribution in [-0.4, -0.2) is 10.9 Å². The van der Waals surface area contributed by atoms with Crippen LogP contribution < -0.4 is 11.1 Å². The summed E-state index contributed by atoms with van der Waals surface area (Å²) in [5.74, 6) is -0.159. The molecule has 94 valence electrons. The lowest BCUT2D eigenvalue weighted by molar-refractivity contribution is 0.0950. The number of aromatic nitrogens is 1.